The van der Waals surface area contributed by atoms with E-state index in [4.69, 9.17) is 6.42 Å². The molecule has 0 spiro atoms. The fraction of sp³-hybridized carbons (Fsp3) is 0.700. The number of amides is 1. The molecule has 0 saturated heterocycles. The molecule has 0 atom stereocenters. The summed E-state index contributed by atoms with van der Waals surface area (Å²) in [4.78, 5) is 11.1. The zero-order chi connectivity index (χ0) is 8.81. The molecule has 12 heavy (non-hydrogen) atoms. The van der Waals surface area contributed by atoms with Gasteiger partial charge in [-0.25, -0.2) is 0 Å². The first-order valence-electron chi connectivity index (χ1n) is 4.56. The van der Waals surface area contributed by atoms with E-state index in [0.29, 0.717) is 6.04 Å². The van der Waals surface area contributed by atoms with Gasteiger partial charge < -0.3 is 5.32 Å². The number of hydrogen-bond acceptors (Lipinski definition) is 1. The Bertz CT molecular complexity index is 187. The van der Waals surface area contributed by atoms with Gasteiger partial charge in [0.05, 0.1) is 6.42 Å². The van der Waals surface area contributed by atoms with Crippen LogP contribution in [0.4, 0.5) is 0 Å². The average Bonchev–Trinajstić information content (AvgIpc) is 2.06. The summed E-state index contributed by atoms with van der Waals surface area (Å²) < 4.78 is 0. The number of carbonyl (C=O) groups is 1. The zero-order valence-electron chi connectivity index (χ0n) is 7.31. The fourth-order valence-corrected chi connectivity index (χ4v) is 1.62. The van der Waals surface area contributed by atoms with E-state index in [2.05, 4.69) is 11.2 Å². The fourth-order valence-electron chi connectivity index (χ4n) is 1.62. The van der Waals surface area contributed by atoms with Gasteiger partial charge in [-0.1, -0.05) is 25.2 Å². The molecule has 1 N–H and O–H groups in total. The summed E-state index contributed by atoms with van der Waals surface area (Å²) in [7, 11) is 0. The van der Waals surface area contributed by atoms with Crippen LogP contribution in [0.2, 0.25) is 0 Å². The highest BCUT2D eigenvalue weighted by Crippen LogP contribution is 2.17. The molecule has 2 heteroatoms. The summed E-state index contributed by atoms with van der Waals surface area (Å²) in [6.45, 7) is 0. The van der Waals surface area contributed by atoms with Gasteiger partial charge in [0.2, 0.25) is 5.91 Å². The molecule has 1 amide bonds. The van der Waals surface area contributed by atoms with E-state index in [1.807, 2.05) is 0 Å². The third-order valence-corrected chi connectivity index (χ3v) is 2.23. The smallest absolute Gasteiger partial charge is 0.232 e. The predicted molar refractivity (Wildman–Crippen MR) is 48.5 cm³/mol. The van der Waals surface area contributed by atoms with Gasteiger partial charge in [-0.2, -0.15) is 0 Å². The molecule has 2 nitrogen and oxygen atoms in total. The van der Waals surface area contributed by atoms with Crippen LogP contribution in [0.1, 0.15) is 38.5 Å². The van der Waals surface area contributed by atoms with Crippen molar-refractivity contribution in [2.24, 2.45) is 0 Å². The first-order valence-corrected chi connectivity index (χ1v) is 4.56. The standard InChI is InChI=1S/C10H15NO/c1-2-6-10(12)11-9-7-4-3-5-8-9/h1,9H,3-8H2,(H,11,12). The number of rotatable bonds is 2. The van der Waals surface area contributed by atoms with Crippen LogP contribution < -0.4 is 5.32 Å². The van der Waals surface area contributed by atoms with Crippen molar-refractivity contribution in [2.45, 2.75) is 44.6 Å². The van der Waals surface area contributed by atoms with Crippen LogP contribution in [0.15, 0.2) is 0 Å². The van der Waals surface area contributed by atoms with Crippen LogP contribution in [0, 0.1) is 12.3 Å². The molecule has 0 bridgehead atoms. The van der Waals surface area contributed by atoms with Gasteiger partial charge in [0.1, 0.15) is 0 Å². The molecule has 1 aliphatic rings. The Morgan fingerprint density at radius 1 is 1.42 bits per heavy atom. The van der Waals surface area contributed by atoms with Crippen molar-refractivity contribution in [1.29, 1.82) is 0 Å². The Morgan fingerprint density at radius 2 is 2.08 bits per heavy atom. The van der Waals surface area contributed by atoms with Gasteiger partial charge in [0, 0.05) is 6.04 Å². The lowest BCUT2D eigenvalue weighted by atomic mass is 9.95. The average molecular weight is 165 g/mol. The summed E-state index contributed by atoms with van der Waals surface area (Å²) in [6, 6.07) is 0.389. The van der Waals surface area contributed by atoms with Crippen molar-refractivity contribution in [3.05, 3.63) is 0 Å². The monoisotopic (exact) mass is 165 g/mol. The highest BCUT2D eigenvalue weighted by molar-refractivity contribution is 5.78. The minimum Gasteiger partial charge on any atom is -0.353 e. The van der Waals surface area contributed by atoms with Gasteiger partial charge in [-0.15, -0.1) is 6.42 Å². The summed E-state index contributed by atoms with van der Waals surface area (Å²) in [5.41, 5.74) is 0. The second-order valence-electron chi connectivity index (χ2n) is 3.28. The number of terminal acetylenes is 1. The highest BCUT2D eigenvalue weighted by Gasteiger charge is 2.14. The molecule has 0 heterocycles. The minimum absolute atomic E-state index is 0.00407. The molecule has 66 valence electrons. The molecule has 0 aliphatic heterocycles. The van der Waals surface area contributed by atoms with Crippen molar-refractivity contribution >= 4 is 5.91 Å². The zero-order valence-corrected chi connectivity index (χ0v) is 7.31. The van der Waals surface area contributed by atoms with Crippen LogP contribution >= 0.6 is 0 Å². The molecular formula is C10H15NO. The van der Waals surface area contributed by atoms with E-state index in [0.717, 1.165) is 12.8 Å². The summed E-state index contributed by atoms with van der Waals surface area (Å²) in [6.07, 6.45) is 11.3. The van der Waals surface area contributed by atoms with E-state index in [-0.39, 0.29) is 12.3 Å². The molecular weight excluding hydrogens is 150 g/mol. The van der Waals surface area contributed by atoms with Gasteiger partial charge in [0.15, 0.2) is 0 Å². The molecule has 1 aliphatic carbocycles. The van der Waals surface area contributed by atoms with Crippen LogP contribution in [-0.2, 0) is 4.79 Å². The first-order chi connectivity index (χ1) is 5.83. The second-order valence-corrected chi connectivity index (χ2v) is 3.28. The third kappa shape index (κ3) is 2.96. The summed E-state index contributed by atoms with van der Waals surface area (Å²) in [5.74, 6) is 2.35. The van der Waals surface area contributed by atoms with Gasteiger partial charge >= 0.3 is 0 Å². The van der Waals surface area contributed by atoms with E-state index < -0.39 is 0 Å². The van der Waals surface area contributed by atoms with Crippen molar-refractivity contribution in [3.8, 4) is 12.3 Å². The molecule has 0 unspecified atom stereocenters. The maximum absolute atomic E-state index is 11.1. The van der Waals surface area contributed by atoms with Crippen LogP contribution in [0.3, 0.4) is 0 Å². The van der Waals surface area contributed by atoms with Crippen LogP contribution in [0.5, 0.6) is 0 Å². The predicted octanol–water partition coefficient (Wildman–Crippen LogP) is 1.46. The topological polar surface area (TPSA) is 29.1 Å². The minimum atomic E-state index is 0.00407. The largest absolute Gasteiger partial charge is 0.353 e. The van der Waals surface area contributed by atoms with Crippen molar-refractivity contribution < 1.29 is 4.79 Å². The highest BCUT2D eigenvalue weighted by atomic mass is 16.1. The Morgan fingerprint density at radius 3 is 2.67 bits per heavy atom. The lowest BCUT2D eigenvalue weighted by molar-refractivity contribution is -0.121. The molecule has 1 saturated carbocycles. The van der Waals surface area contributed by atoms with E-state index in [1.54, 1.807) is 0 Å². The first kappa shape index (κ1) is 9.12. The van der Waals surface area contributed by atoms with Crippen molar-refractivity contribution in [2.75, 3.05) is 0 Å². The lowest BCUT2D eigenvalue weighted by Crippen LogP contribution is -2.35. The molecule has 1 fully saturated rings. The quantitative estimate of drug-likeness (QED) is 0.617. The lowest BCUT2D eigenvalue weighted by Gasteiger charge is -2.22. The molecule has 0 aromatic heterocycles. The van der Waals surface area contributed by atoms with Gasteiger partial charge in [-0.3, -0.25) is 4.79 Å². The van der Waals surface area contributed by atoms with Gasteiger partial charge in [-0.05, 0) is 12.8 Å². The Kier molecular flexibility index (Phi) is 3.66. The molecule has 1 rings (SSSR count). The molecule has 0 aromatic carbocycles. The van der Waals surface area contributed by atoms with Crippen LogP contribution in [-0.4, -0.2) is 11.9 Å². The van der Waals surface area contributed by atoms with Crippen molar-refractivity contribution in [3.63, 3.8) is 0 Å². The number of hydrogen-bond donors (Lipinski definition) is 1. The third-order valence-electron chi connectivity index (χ3n) is 2.23. The SMILES string of the molecule is C#CCC(=O)NC1CCCCC1. The number of carbonyl (C=O) groups excluding carboxylic acids is 1. The van der Waals surface area contributed by atoms with E-state index in [1.165, 1.54) is 19.3 Å². The Labute approximate surface area is 73.7 Å². The maximum atomic E-state index is 11.1. The summed E-state index contributed by atoms with van der Waals surface area (Å²) in [5, 5.41) is 2.94. The number of nitrogens with one attached hydrogen (secondary N) is 1. The Hall–Kier alpha value is -0.970. The van der Waals surface area contributed by atoms with Gasteiger partial charge in [0.25, 0.3) is 0 Å². The maximum Gasteiger partial charge on any atom is 0.232 e. The summed E-state index contributed by atoms with van der Waals surface area (Å²) >= 11 is 0. The molecule has 0 radical (unpaired) electrons. The normalized spacial score (nSPS) is 18.2. The Balaban J connectivity index is 2.21. The van der Waals surface area contributed by atoms with Crippen molar-refractivity contribution in [1.82, 2.24) is 5.32 Å². The second kappa shape index (κ2) is 4.82. The molecule has 0 aromatic rings. The van der Waals surface area contributed by atoms with E-state index in [9.17, 15) is 4.79 Å². The van der Waals surface area contributed by atoms with E-state index >= 15 is 0 Å². The van der Waals surface area contributed by atoms with Crippen LogP contribution in [0.25, 0.3) is 0 Å².